The molecule has 22 heavy (non-hydrogen) atoms. The smallest absolute Gasteiger partial charge is 0.222 e. The Labute approximate surface area is 133 Å². The van der Waals surface area contributed by atoms with E-state index in [9.17, 15) is 4.79 Å². The minimum atomic E-state index is 0.375. The van der Waals surface area contributed by atoms with Crippen molar-refractivity contribution in [2.24, 2.45) is 5.92 Å². The number of nitrogens with one attached hydrogen (secondary N) is 1. The van der Waals surface area contributed by atoms with Gasteiger partial charge in [0.2, 0.25) is 5.91 Å². The normalized spacial score (nSPS) is 24.0. The second-order valence-corrected chi connectivity index (χ2v) is 6.69. The van der Waals surface area contributed by atoms with Gasteiger partial charge in [-0.05, 0) is 74.7 Å². The average molecular weight is 301 g/mol. The van der Waals surface area contributed by atoms with Crippen LogP contribution in [-0.2, 0) is 4.79 Å². The number of rotatable bonds is 3. The Hall–Kier alpha value is -1.42. The van der Waals surface area contributed by atoms with E-state index >= 15 is 0 Å². The number of carbonyl (C=O) groups excluding carboxylic acids is 1. The van der Waals surface area contributed by atoms with E-state index in [0.29, 0.717) is 17.7 Å². The molecule has 0 aliphatic carbocycles. The number of pyridine rings is 1. The van der Waals surface area contributed by atoms with Crippen molar-refractivity contribution in [3.8, 4) is 0 Å². The summed E-state index contributed by atoms with van der Waals surface area (Å²) in [6, 6.07) is 4.22. The van der Waals surface area contributed by atoms with Gasteiger partial charge < -0.3 is 10.2 Å². The standard InChI is InChI=1S/C18H27N3O/c22-18(14-15-2-1-8-19-9-3-15)21-12-6-17(7-13-21)16-4-10-20-11-5-16/h4-5,10-11,15,17,19H,1-3,6-9,12-14H2. The Morgan fingerprint density at radius 3 is 2.68 bits per heavy atom. The van der Waals surface area contributed by atoms with E-state index in [-0.39, 0.29) is 0 Å². The molecular weight excluding hydrogens is 274 g/mol. The van der Waals surface area contributed by atoms with Crippen molar-refractivity contribution >= 4 is 5.91 Å². The molecule has 2 aliphatic rings. The fourth-order valence-electron chi connectivity index (χ4n) is 3.77. The van der Waals surface area contributed by atoms with Crippen LogP contribution >= 0.6 is 0 Å². The lowest BCUT2D eigenvalue weighted by Crippen LogP contribution is -2.38. The van der Waals surface area contributed by atoms with Crippen molar-refractivity contribution in [3.63, 3.8) is 0 Å². The largest absolute Gasteiger partial charge is 0.343 e. The van der Waals surface area contributed by atoms with Gasteiger partial charge >= 0.3 is 0 Å². The van der Waals surface area contributed by atoms with E-state index in [1.54, 1.807) is 0 Å². The van der Waals surface area contributed by atoms with Crippen molar-refractivity contribution in [3.05, 3.63) is 30.1 Å². The number of likely N-dealkylation sites (tertiary alicyclic amines) is 1. The van der Waals surface area contributed by atoms with Gasteiger partial charge in [0.05, 0.1) is 0 Å². The van der Waals surface area contributed by atoms with Gasteiger partial charge in [-0.3, -0.25) is 9.78 Å². The molecule has 2 aliphatic heterocycles. The van der Waals surface area contributed by atoms with Gasteiger partial charge in [0, 0.05) is 31.9 Å². The Morgan fingerprint density at radius 1 is 1.14 bits per heavy atom. The number of carbonyl (C=O) groups is 1. The van der Waals surface area contributed by atoms with Gasteiger partial charge in [0.25, 0.3) is 0 Å². The molecule has 0 spiro atoms. The van der Waals surface area contributed by atoms with Crippen molar-refractivity contribution in [2.45, 2.75) is 44.4 Å². The molecule has 1 atom stereocenters. The molecule has 0 saturated carbocycles. The summed E-state index contributed by atoms with van der Waals surface area (Å²) < 4.78 is 0. The molecule has 2 saturated heterocycles. The SMILES string of the molecule is O=C(CC1CCCNCC1)N1CCC(c2ccncc2)CC1. The summed E-state index contributed by atoms with van der Waals surface area (Å²) in [5, 5.41) is 3.42. The predicted molar refractivity (Wildman–Crippen MR) is 87.6 cm³/mol. The van der Waals surface area contributed by atoms with Crippen LogP contribution in [-0.4, -0.2) is 42.0 Å². The number of nitrogens with zero attached hydrogens (tertiary/aromatic N) is 2. The molecule has 2 fully saturated rings. The number of hydrogen-bond acceptors (Lipinski definition) is 3. The number of aromatic nitrogens is 1. The zero-order chi connectivity index (χ0) is 15.2. The van der Waals surface area contributed by atoms with Crippen molar-refractivity contribution in [1.82, 2.24) is 15.2 Å². The summed E-state index contributed by atoms with van der Waals surface area (Å²) in [4.78, 5) is 18.7. The minimum Gasteiger partial charge on any atom is -0.343 e. The zero-order valence-corrected chi connectivity index (χ0v) is 13.3. The first-order chi connectivity index (χ1) is 10.8. The molecule has 0 radical (unpaired) electrons. The Balaban J connectivity index is 1.47. The van der Waals surface area contributed by atoms with Crippen LogP contribution < -0.4 is 5.32 Å². The molecule has 0 bridgehead atoms. The molecule has 4 nitrogen and oxygen atoms in total. The van der Waals surface area contributed by atoms with Crippen LogP contribution in [0.3, 0.4) is 0 Å². The third kappa shape index (κ3) is 4.07. The van der Waals surface area contributed by atoms with E-state index in [1.807, 2.05) is 12.4 Å². The van der Waals surface area contributed by atoms with E-state index in [1.165, 1.54) is 18.4 Å². The molecule has 4 heteroatoms. The maximum atomic E-state index is 12.5. The van der Waals surface area contributed by atoms with Crippen molar-refractivity contribution in [2.75, 3.05) is 26.2 Å². The fraction of sp³-hybridized carbons (Fsp3) is 0.667. The summed E-state index contributed by atoms with van der Waals surface area (Å²) in [6.45, 7) is 4.01. The number of amides is 1. The molecule has 0 aromatic carbocycles. The van der Waals surface area contributed by atoms with Crippen LogP contribution in [0.2, 0.25) is 0 Å². The van der Waals surface area contributed by atoms with Gasteiger partial charge in [0.15, 0.2) is 0 Å². The topological polar surface area (TPSA) is 45.2 Å². The molecule has 1 N–H and O–H groups in total. The summed E-state index contributed by atoms with van der Waals surface area (Å²) in [5.74, 6) is 1.55. The Bertz CT molecular complexity index is 460. The maximum absolute atomic E-state index is 12.5. The Morgan fingerprint density at radius 2 is 1.91 bits per heavy atom. The molecule has 120 valence electrons. The minimum absolute atomic E-state index is 0.375. The van der Waals surface area contributed by atoms with Crippen LogP contribution in [0.25, 0.3) is 0 Å². The third-order valence-electron chi connectivity index (χ3n) is 5.18. The van der Waals surface area contributed by atoms with E-state index < -0.39 is 0 Å². The highest BCUT2D eigenvalue weighted by atomic mass is 16.2. The van der Waals surface area contributed by atoms with Crippen LogP contribution in [0, 0.1) is 5.92 Å². The quantitative estimate of drug-likeness (QED) is 0.933. The second kappa shape index (κ2) is 7.73. The highest BCUT2D eigenvalue weighted by molar-refractivity contribution is 5.76. The molecule has 1 aromatic rings. The first kappa shape index (κ1) is 15.5. The lowest BCUT2D eigenvalue weighted by Gasteiger charge is -2.33. The van der Waals surface area contributed by atoms with Gasteiger partial charge in [-0.1, -0.05) is 0 Å². The van der Waals surface area contributed by atoms with Gasteiger partial charge in [-0.15, -0.1) is 0 Å². The summed E-state index contributed by atoms with van der Waals surface area (Å²) in [7, 11) is 0. The van der Waals surface area contributed by atoms with Crippen LogP contribution in [0.4, 0.5) is 0 Å². The molecule has 1 aromatic heterocycles. The highest BCUT2D eigenvalue weighted by Gasteiger charge is 2.25. The summed E-state index contributed by atoms with van der Waals surface area (Å²) >= 11 is 0. The van der Waals surface area contributed by atoms with Crippen molar-refractivity contribution < 1.29 is 4.79 Å². The molecule has 3 heterocycles. The third-order valence-corrected chi connectivity index (χ3v) is 5.18. The Kier molecular flexibility index (Phi) is 5.43. The maximum Gasteiger partial charge on any atom is 0.222 e. The van der Waals surface area contributed by atoms with Crippen LogP contribution in [0.5, 0.6) is 0 Å². The molecule has 1 unspecified atom stereocenters. The monoisotopic (exact) mass is 301 g/mol. The highest BCUT2D eigenvalue weighted by Crippen LogP contribution is 2.28. The van der Waals surface area contributed by atoms with E-state index in [2.05, 4.69) is 27.3 Å². The fourth-order valence-corrected chi connectivity index (χ4v) is 3.77. The van der Waals surface area contributed by atoms with Gasteiger partial charge in [-0.25, -0.2) is 0 Å². The van der Waals surface area contributed by atoms with E-state index in [0.717, 1.165) is 51.9 Å². The molecule has 3 rings (SSSR count). The molecule has 1 amide bonds. The van der Waals surface area contributed by atoms with Crippen LogP contribution in [0.1, 0.15) is 50.0 Å². The lowest BCUT2D eigenvalue weighted by molar-refractivity contribution is -0.133. The first-order valence-corrected chi connectivity index (χ1v) is 8.71. The van der Waals surface area contributed by atoms with Gasteiger partial charge in [0.1, 0.15) is 0 Å². The second-order valence-electron chi connectivity index (χ2n) is 6.69. The van der Waals surface area contributed by atoms with Crippen molar-refractivity contribution in [1.29, 1.82) is 0 Å². The number of hydrogen-bond donors (Lipinski definition) is 1. The predicted octanol–water partition coefficient (Wildman–Crippen LogP) is 2.57. The van der Waals surface area contributed by atoms with Gasteiger partial charge in [-0.2, -0.15) is 0 Å². The molecular formula is C18H27N3O. The lowest BCUT2D eigenvalue weighted by atomic mass is 9.89. The zero-order valence-electron chi connectivity index (χ0n) is 13.3. The summed E-state index contributed by atoms with van der Waals surface area (Å²) in [5.41, 5.74) is 1.37. The van der Waals surface area contributed by atoms with Crippen LogP contribution in [0.15, 0.2) is 24.5 Å². The summed E-state index contributed by atoms with van der Waals surface area (Å²) in [6.07, 6.45) is 10.2. The van der Waals surface area contributed by atoms with E-state index in [4.69, 9.17) is 0 Å². The number of piperidine rings is 1. The first-order valence-electron chi connectivity index (χ1n) is 8.71. The average Bonchev–Trinajstić information content (AvgIpc) is 2.84.